The van der Waals surface area contributed by atoms with Gasteiger partial charge in [0.15, 0.2) is 5.69 Å². The summed E-state index contributed by atoms with van der Waals surface area (Å²) in [7, 11) is 0. The summed E-state index contributed by atoms with van der Waals surface area (Å²) < 4.78 is 37.2. The highest BCUT2D eigenvalue weighted by molar-refractivity contribution is 5.91. The Hall–Kier alpha value is -3.78. The van der Waals surface area contributed by atoms with Crippen LogP contribution in [0.1, 0.15) is 33.3 Å². The lowest BCUT2D eigenvalue weighted by Gasteiger charge is -2.21. The Kier molecular flexibility index (Phi) is 6.72. The highest BCUT2D eigenvalue weighted by Gasteiger charge is 2.16. The van der Waals surface area contributed by atoms with Crippen molar-refractivity contribution in [3.63, 3.8) is 0 Å². The van der Waals surface area contributed by atoms with Crippen molar-refractivity contribution in [1.82, 2.24) is 15.2 Å². The number of nitrogens with one attached hydrogen (secondary N) is 1. The number of furan rings is 1. The maximum atomic E-state index is 13.3. The van der Waals surface area contributed by atoms with Crippen molar-refractivity contribution in [2.24, 2.45) is 0 Å². The van der Waals surface area contributed by atoms with Crippen molar-refractivity contribution in [1.29, 1.82) is 0 Å². The van der Waals surface area contributed by atoms with E-state index in [0.717, 1.165) is 11.1 Å². The third-order valence-corrected chi connectivity index (χ3v) is 4.79. The number of carbonyl (C=O) groups is 1. The monoisotopic (exact) mass is 437 g/mol. The summed E-state index contributed by atoms with van der Waals surface area (Å²) in [5.74, 6) is -0.00212. The van der Waals surface area contributed by atoms with Crippen LogP contribution in [0.2, 0.25) is 0 Å². The van der Waals surface area contributed by atoms with E-state index in [0.29, 0.717) is 31.3 Å². The SMILES string of the molecule is O=C(NCc1ccco1)c1coc(CN(Cc2ccc(F)cc2)Cc2ccc(F)cc2)n1. The van der Waals surface area contributed by atoms with Gasteiger partial charge in [0.05, 0.1) is 19.4 Å². The molecule has 0 radical (unpaired) electrons. The summed E-state index contributed by atoms with van der Waals surface area (Å²) in [4.78, 5) is 18.6. The molecule has 4 aromatic rings. The van der Waals surface area contributed by atoms with Crippen molar-refractivity contribution >= 4 is 5.91 Å². The van der Waals surface area contributed by atoms with Gasteiger partial charge in [0.1, 0.15) is 23.7 Å². The van der Waals surface area contributed by atoms with Crippen LogP contribution >= 0.6 is 0 Å². The molecule has 164 valence electrons. The molecule has 0 aliphatic carbocycles. The number of nitrogens with zero attached hydrogens (tertiary/aromatic N) is 2. The highest BCUT2D eigenvalue weighted by Crippen LogP contribution is 2.15. The Morgan fingerprint density at radius 2 is 1.50 bits per heavy atom. The molecule has 0 saturated heterocycles. The zero-order valence-corrected chi connectivity index (χ0v) is 17.1. The summed E-state index contributed by atoms with van der Waals surface area (Å²) in [6.45, 7) is 1.52. The largest absolute Gasteiger partial charge is 0.467 e. The fourth-order valence-corrected chi connectivity index (χ4v) is 3.21. The fraction of sp³-hybridized carbons (Fsp3) is 0.167. The lowest BCUT2D eigenvalue weighted by atomic mass is 10.1. The van der Waals surface area contributed by atoms with Gasteiger partial charge in [0, 0.05) is 13.1 Å². The molecule has 0 atom stereocenters. The van der Waals surface area contributed by atoms with Gasteiger partial charge in [0.2, 0.25) is 5.89 Å². The summed E-state index contributed by atoms with van der Waals surface area (Å²) in [6.07, 6.45) is 2.84. The number of aromatic nitrogens is 1. The van der Waals surface area contributed by atoms with Crippen LogP contribution in [0.25, 0.3) is 0 Å². The first kappa shape index (κ1) is 21.5. The normalized spacial score (nSPS) is 11.1. The van der Waals surface area contributed by atoms with E-state index in [-0.39, 0.29) is 29.8 Å². The van der Waals surface area contributed by atoms with Crippen LogP contribution in [-0.2, 0) is 26.2 Å². The van der Waals surface area contributed by atoms with Gasteiger partial charge < -0.3 is 14.2 Å². The number of benzene rings is 2. The summed E-state index contributed by atoms with van der Waals surface area (Å²) in [6, 6.07) is 15.9. The molecule has 0 spiro atoms. The Bertz CT molecular complexity index is 1090. The van der Waals surface area contributed by atoms with Crippen molar-refractivity contribution in [3.8, 4) is 0 Å². The number of halogens is 2. The number of rotatable bonds is 9. The van der Waals surface area contributed by atoms with Crippen LogP contribution in [0.3, 0.4) is 0 Å². The smallest absolute Gasteiger partial charge is 0.273 e. The van der Waals surface area contributed by atoms with Gasteiger partial charge in [-0.25, -0.2) is 13.8 Å². The maximum Gasteiger partial charge on any atom is 0.273 e. The van der Waals surface area contributed by atoms with Gasteiger partial charge in [-0.1, -0.05) is 24.3 Å². The minimum Gasteiger partial charge on any atom is -0.467 e. The zero-order chi connectivity index (χ0) is 22.3. The first-order chi connectivity index (χ1) is 15.5. The Morgan fingerprint density at radius 3 is 2.06 bits per heavy atom. The molecule has 2 heterocycles. The van der Waals surface area contributed by atoms with Gasteiger partial charge in [-0.05, 0) is 47.5 Å². The molecule has 1 amide bonds. The van der Waals surface area contributed by atoms with Crippen LogP contribution in [0.5, 0.6) is 0 Å². The van der Waals surface area contributed by atoms with Crippen molar-refractivity contribution in [2.75, 3.05) is 0 Å². The maximum absolute atomic E-state index is 13.3. The van der Waals surface area contributed by atoms with E-state index >= 15 is 0 Å². The van der Waals surface area contributed by atoms with E-state index in [9.17, 15) is 13.6 Å². The van der Waals surface area contributed by atoms with Gasteiger partial charge in [-0.3, -0.25) is 9.69 Å². The third-order valence-electron chi connectivity index (χ3n) is 4.79. The van der Waals surface area contributed by atoms with Crippen molar-refractivity contribution < 1.29 is 22.4 Å². The van der Waals surface area contributed by atoms with Crippen molar-refractivity contribution in [2.45, 2.75) is 26.2 Å². The van der Waals surface area contributed by atoms with Crippen LogP contribution < -0.4 is 5.32 Å². The minimum absolute atomic E-state index is 0.162. The molecule has 0 saturated carbocycles. The second-order valence-electron chi connectivity index (χ2n) is 7.29. The predicted molar refractivity (Wildman–Crippen MR) is 112 cm³/mol. The third kappa shape index (κ3) is 5.89. The van der Waals surface area contributed by atoms with Gasteiger partial charge in [-0.2, -0.15) is 0 Å². The average molecular weight is 437 g/mol. The van der Waals surface area contributed by atoms with E-state index < -0.39 is 0 Å². The lowest BCUT2D eigenvalue weighted by molar-refractivity contribution is 0.0943. The minimum atomic E-state index is -0.375. The lowest BCUT2D eigenvalue weighted by Crippen LogP contribution is -2.24. The van der Waals surface area contributed by atoms with E-state index in [1.807, 2.05) is 4.90 Å². The van der Waals surface area contributed by atoms with Crippen LogP contribution in [0, 0.1) is 11.6 Å². The molecule has 0 bridgehead atoms. The fourth-order valence-electron chi connectivity index (χ4n) is 3.21. The molecule has 6 nitrogen and oxygen atoms in total. The second kappa shape index (κ2) is 10.0. The summed E-state index contributed by atoms with van der Waals surface area (Å²) in [5.41, 5.74) is 1.96. The molecule has 2 aromatic heterocycles. The molecule has 1 N–H and O–H groups in total. The van der Waals surface area contributed by atoms with Crippen LogP contribution in [-0.4, -0.2) is 15.8 Å². The number of oxazole rings is 1. The first-order valence-corrected chi connectivity index (χ1v) is 10.0. The first-order valence-electron chi connectivity index (χ1n) is 10.0. The van der Waals surface area contributed by atoms with Crippen LogP contribution in [0.4, 0.5) is 8.78 Å². The molecule has 8 heteroatoms. The number of amides is 1. The quantitative estimate of drug-likeness (QED) is 0.412. The zero-order valence-electron chi connectivity index (χ0n) is 17.1. The summed E-state index contributed by atoms with van der Waals surface area (Å²) in [5, 5.41) is 2.72. The molecular weight excluding hydrogens is 416 g/mol. The predicted octanol–water partition coefficient (Wildman–Crippen LogP) is 4.68. The number of carbonyl (C=O) groups excluding carboxylic acids is 1. The molecule has 32 heavy (non-hydrogen) atoms. The molecule has 0 aliphatic heterocycles. The Balaban J connectivity index is 1.44. The number of hydrogen-bond acceptors (Lipinski definition) is 5. The molecular formula is C24H21F2N3O3. The van der Waals surface area contributed by atoms with E-state index in [1.54, 1.807) is 36.4 Å². The Morgan fingerprint density at radius 1 is 0.875 bits per heavy atom. The van der Waals surface area contributed by atoms with Crippen LogP contribution in [0.15, 0.2) is 82.0 Å². The standard InChI is InChI=1S/C24H21F2N3O3/c25-19-7-3-17(4-8-19)13-29(14-18-5-9-20(26)10-6-18)15-23-28-22(16-32-23)24(30)27-12-21-2-1-11-31-21/h1-11,16H,12-15H2,(H,27,30). The summed E-state index contributed by atoms with van der Waals surface area (Å²) >= 11 is 0. The van der Waals surface area contributed by atoms with E-state index in [1.165, 1.54) is 36.8 Å². The average Bonchev–Trinajstić information content (AvgIpc) is 3.47. The van der Waals surface area contributed by atoms with Crippen molar-refractivity contribution in [3.05, 3.63) is 113 Å². The molecule has 0 aliphatic rings. The van der Waals surface area contributed by atoms with Gasteiger partial charge >= 0.3 is 0 Å². The molecule has 0 fully saturated rings. The molecule has 4 rings (SSSR count). The number of hydrogen-bond donors (Lipinski definition) is 1. The topological polar surface area (TPSA) is 71.5 Å². The van der Waals surface area contributed by atoms with E-state index in [4.69, 9.17) is 8.83 Å². The van der Waals surface area contributed by atoms with Gasteiger partial charge in [-0.15, -0.1) is 0 Å². The second-order valence-corrected chi connectivity index (χ2v) is 7.29. The van der Waals surface area contributed by atoms with E-state index in [2.05, 4.69) is 10.3 Å². The Labute approximate surface area is 183 Å². The highest BCUT2D eigenvalue weighted by atomic mass is 19.1. The van der Waals surface area contributed by atoms with Gasteiger partial charge in [0.25, 0.3) is 5.91 Å². The molecule has 0 unspecified atom stereocenters. The molecule has 2 aromatic carbocycles.